The first-order chi connectivity index (χ1) is 8.81. The molecule has 96 valence electrons. The maximum Gasteiger partial charge on any atom is 0.259 e. The average Bonchev–Trinajstić information content (AvgIpc) is 2.89. The van der Waals surface area contributed by atoms with Gasteiger partial charge in [0.15, 0.2) is 5.82 Å². The number of rotatable bonds is 6. The van der Waals surface area contributed by atoms with E-state index in [4.69, 9.17) is 15.0 Å². The highest BCUT2D eigenvalue weighted by atomic mass is 16.5. The van der Waals surface area contributed by atoms with Gasteiger partial charge in [0.1, 0.15) is 0 Å². The van der Waals surface area contributed by atoms with Gasteiger partial charge in [0.25, 0.3) is 5.89 Å². The van der Waals surface area contributed by atoms with Gasteiger partial charge in [-0.15, -0.1) is 0 Å². The fourth-order valence-corrected chi connectivity index (χ4v) is 1.42. The summed E-state index contributed by atoms with van der Waals surface area (Å²) in [7, 11) is 0. The molecule has 6 heteroatoms. The second-order valence-electron chi connectivity index (χ2n) is 3.88. The van der Waals surface area contributed by atoms with Crippen molar-refractivity contribution in [2.45, 2.75) is 19.4 Å². The Balaban J connectivity index is 2.02. The molecular formula is C12H16N4O2. The lowest BCUT2D eigenvalue weighted by molar-refractivity contribution is 0.119. The molecule has 0 saturated carbocycles. The third-order valence-corrected chi connectivity index (χ3v) is 2.33. The molecule has 2 heterocycles. The second-order valence-corrected chi connectivity index (χ2v) is 3.88. The minimum absolute atomic E-state index is 0.370. The summed E-state index contributed by atoms with van der Waals surface area (Å²) in [6, 6.07) is 3.29. The molecule has 0 aromatic carbocycles. The molecule has 6 nitrogen and oxygen atoms in total. The van der Waals surface area contributed by atoms with Crippen LogP contribution in [-0.2, 0) is 4.74 Å². The van der Waals surface area contributed by atoms with Gasteiger partial charge in [-0.1, -0.05) is 12.1 Å². The highest BCUT2D eigenvalue weighted by Gasteiger charge is 2.15. The molecule has 0 saturated heterocycles. The molecular weight excluding hydrogens is 232 g/mol. The van der Waals surface area contributed by atoms with E-state index in [-0.39, 0.29) is 6.04 Å². The summed E-state index contributed by atoms with van der Waals surface area (Å²) in [6.45, 7) is 3.11. The van der Waals surface area contributed by atoms with Crippen molar-refractivity contribution in [2.75, 3.05) is 13.2 Å². The molecule has 0 aliphatic heterocycles. The summed E-state index contributed by atoms with van der Waals surface area (Å²) in [5, 5.41) is 3.85. The fourth-order valence-electron chi connectivity index (χ4n) is 1.42. The first kappa shape index (κ1) is 12.7. The molecule has 0 spiro atoms. The Morgan fingerprint density at radius 2 is 2.39 bits per heavy atom. The SMILES string of the molecule is CCCOCC(N)c1noc(-c2cccnc2)n1. The third kappa shape index (κ3) is 3.12. The topological polar surface area (TPSA) is 87.1 Å². The Hall–Kier alpha value is -1.79. The predicted octanol–water partition coefficient (Wildman–Crippen LogP) is 1.56. The fraction of sp³-hybridized carbons (Fsp3) is 0.417. The van der Waals surface area contributed by atoms with Crippen LogP contribution in [-0.4, -0.2) is 28.3 Å². The van der Waals surface area contributed by atoms with E-state index in [1.54, 1.807) is 12.4 Å². The van der Waals surface area contributed by atoms with E-state index >= 15 is 0 Å². The average molecular weight is 248 g/mol. The van der Waals surface area contributed by atoms with Crippen LogP contribution in [0.25, 0.3) is 11.5 Å². The lowest BCUT2D eigenvalue weighted by Gasteiger charge is -2.06. The normalized spacial score (nSPS) is 12.6. The summed E-state index contributed by atoms with van der Waals surface area (Å²) in [4.78, 5) is 8.23. The van der Waals surface area contributed by atoms with Gasteiger partial charge < -0.3 is 15.0 Å². The van der Waals surface area contributed by atoms with Gasteiger partial charge in [-0.3, -0.25) is 4.98 Å². The lowest BCUT2D eigenvalue weighted by Crippen LogP contribution is -2.18. The molecule has 0 amide bonds. The van der Waals surface area contributed by atoms with Gasteiger partial charge in [0.2, 0.25) is 0 Å². The zero-order valence-corrected chi connectivity index (χ0v) is 10.2. The van der Waals surface area contributed by atoms with Crippen molar-refractivity contribution in [2.24, 2.45) is 5.73 Å². The molecule has 18 heavy (non-hydrogen) atoms. The Labute approximate surface area is 105 Å². The molecule has 0 aliphatic rings. The van der Waals surface area contributed by atoms with E-state index in [0.717, 1.165) is 12.0 Å². The van der Waals surface area contributed by atoms with Gasteiger partial charge in [0.05, 0.1) is 18.2 Å². The Bertz CT molecular complexity index is 472. The summed E-state index contributed by atoms with van der Waals surface area (Å²) < 4.78 is 10.5. The molecule has 2 N–H and O–H groups in total. The smallest absolute Gasteiger partial charge is 0.259 e. The molecule has 0 bridgehead atoms. The molecule has 1 atom stereocenters. The van der Waals surface area contributed by atoms with Crippen LogP contribution >= 0.6 is 0 Å². The van der Waals surface area contributed by atoms with E-state index in [1.807, 2.05) is 19.1 Å². The quantitative estimate of drug-likeness (QED) is 0.780. The monoisotopic (exact) mass is 248 g/mol. The van der Waals surface area contributed by atoms with Crippen molar-refractivity contribution < 1.29 is 9.26 Å². The number of nitrogens with two attached hydrogens (primary N) is 1. The Morgan fingerprint density at radius 1 is 1.50 bits per heavy atom. The minimum atomic E-state index is -0.370. The first-order valence-electron chi connectivity index (χ1n) is 5.88. The molecule has 0 radical (unpaired) electrons. The number of pyridine rings is 1. The van der Waals surface area contributed by atoms with E-state index in [2.05, 4.69) is 15.1 Å². The maximum atomic E-state index is 5.90. The molecule has 2 rings (SSSR count). The third-order valence-electron chi connectivity index (χ3n) is 2.33. The second kappa shape index (κ2) is 6.23. The van der Waals surface area contributed by atoms with Gasteiger partial charge >= 0.3 is 0 Å². The van der Waals surface area contributed by atoms with E-state index in [1.165, 1.54) is 0 Å². The van der Waals surface area contributed by atoms with Crippen LogP contribution in [0.5, 0.6) is 0 Å². The van der Waals surface area contributed by atoms with Crippen LogP contribution in [0.1, 0.15) is 25.2 Å². The van der Waals surface area contributed by atoms with E-state index in [0.29, 0.717) is 24.9 Å². The van der Waals surface area contributed by atoms with Crippen molar-refractivity contribution in [3.05, 3.63) is 30.4 Å². The van der Waals surface area contributed by atoms with Crippen molar-refractivity contribution >= 4 is 0 Å². The number of hydrogen-bond acceptors (Lipinski definition) is 6. The van der Waals surface area contributed by atoms with Gasteiger partial charge in [0, 0.05) is 19.0 Å². The van der Waals surface area contributed by atoms with Crippen LogP contribution in [0.2, 0.25) is 0 Å². The van der Waals surface area contributed by atoms with Gasteiger partial charge in [-0.25, -0.2) is 0 Å². The zero-order chi connectivity index (χ0) is 12.8. The Morgan fingerprint density at radius 3 is 3.11 bits per heavy atom. The van der Waals surface area contributed by atoms with Crippen LogP contribution in [0.3, 0.4) is 0 Å². The maximum absolute atomic E-state index is 5.90. The van der Waals surface area contributed by atoms with Crippen LogP contribution in [0.15, 0.2) is 29.0 Å². The Kier molecular flexibility index (Phi) is 4.38. The van der Waals surface area contributed by atoms with Crippen molar-refractivity contribution in [1.82, 2.24) is 15.1 Å². The molecule has 2 aromatic heterocycles. The molecule has 0 aliphatic carbocycles. The number of nitrogens with zero attached hydrogens (tertiary/aromatic N) is 3. The highest BCUT2D eigenvalue weighted by Crippen LogP contribution is 2.17. The largest absolute Gasteiger partial charge is 0.379 e. The molecule has 0 fully saturated rings. The predicted molar refractivity (Wildman–Crippen MR) is 65.6 cm³/mol. The van der Waals surface area contributed by atoms with Crippen molar-refractivity contribution in [3.63, 3.8) is 0 Å². The zero-order valence-electron chi connectivity index (χ0n) is 10.2. The van der Waals surface area contributed by atoms with Crippen LogP contribution < -0.4 is 5.73 Å². The lowest BCUT2D eigenvalue weighted by atomic mass is 10.3. The van der Waals surface area contributed by atoms with E-state index in [9.17, 15) is 0 Å². The van der Waals surface area contributed by atoms with Gasteiger partial charge in [-0.2, -0.15) is 4.98 Å². The minimum Gasteiger partial charge on any atom is -0.379 e. The van der Waals surface area contributed by atoms with Gasteiger partial charge in [-0.05, 0) is 18.6 Å². The van der Waals surface area contributed by atoms with E-state index < -0.39 is 0 Å². The van der Waals surface area contributed by atoms with Crippen LogP contribution in [0.4, 0.5) is 0 Å². The molecule has 1 unspecified atom stereocenters. The summed E-state index contributed by atoms with van der Waals surface area (Å²) in [5.74, 6) is 0.869. The summed E-state index contributed by atoms with van der Waals surface area (Å²) >= 11 is 0. The first-order valence-corrected chi connectivity index (χ1v) is 5.88. The number of aromatic nitrogens is 3. The standard InChI is InChI=1S/C12H16N4O2/c1-2-6-17-8-10(13)11-15-12(18-16-11)9-4-3-5-14-7-9/h3-5,7,10H,2,6,8,13H2,1H3. The highest BCUT2D eigenvalue weighted by molar-refractivity contribution is 5.50. The number of hydrogen-bond donors (Lipinski definition) is 1. The van der Waals surface area contributed by atoms with Crippen molar-refractivity contribution in [3.8, 4) is 11.5 Å². The van der Waals surface area contributed by atoms with Crippen LogP contribution in [0, 0.1) is 0 Å². The van der Waals surface area contributed by atoms with Crippen molar-refractivity contribution in [1.29, 1.82) is 0 Å². The summed E-state index contributed by atoms with van der Waals surface area (Å²) in [6.07, 6.45) is 4.31. The molecule has 2 aromatic rings. The summed E-state index contributed by atoms with van der Waals surface area (Å²) in [5.41, 5.74) is 6.68. The number of ether oxygens (including phenoxy) is 1.